The predicted molar refractivity (Wildman–Crippen MR) is 158 cm³/mol. The minimum atomic E-state index is -0.435. The number of thiophene rings is 1. The van der Waals surface area contributed by atoms with Crippen LogP contribution in [-0.2, 0) is 11.2 Å². The Morgan fingerprint density at radius 3 is 2.62 bits per heavy atom. The molecule has 40 heavy (non-hydrogen) atoms. The molecule has 0 bridgehead atoms. The number of aromatic nitrogens is 1. The van der Waals surface area contributed by atoms with Gasteiger partial charge in [-0.25, -0.2) is 4.79 Å². The maximum atomic E-state index is 13.3. The minimum absolute atomic E-state index is 0.00640. The number of cyclic esters (lactones) is 1. The Bertz CT molecular complexity index is 1430. The Hall–Kier alpha value is -2.94. The predicted octanol–water partition coefficient (Wildman–Crippen LogP) is 6.72. The summed E-state index contributed by atoms with van der Waals surface area (Å²) in [5.74, 6) is 0.634. The summed E-state index contributed by atoms with van der Waals surface area (Å²) in [4.78, 5) is 40.6. The van der Waals surface area contributed by atoms with Crippen molar-refractivity contribution in [3.05, 3.63) is 79.4 Å². The van der Waals surface area contributed by atoms with Gasteiger partial charge in [0.15, 0.2) is 5.78 Å². The van der Waals surface area contributed by atoms with E-state index in [1.54, 1.807) is 27.8 Å². The highest BCUT2D eigenvalue weighted by Gasteiger charge is 2.33. The number of ketones is 1. The molecular formula is C31H35ClN2O5S. The van der Waals surface area contributed by atoms with Crippen LogP contribution in [0.3, 0.4) is 0 Å². The third-order valence-electron chi connectivity index (χ3n) is 8.07. The van der Waals surface area contributed by atoms with E-state index in [1.807, 2.05) is 37.3 Å². The van der Waals surface area contributed by atoms with E-state index in [2.05, 4.69) is 0 Å². The molecule has 2 aromatic heterocycles. The molecule has 1 atom stereocenters. The Morgan fingerprint density at radius 2 is 1.90 bits per heavy atom. The summed E-state index contributed by atoms with van der Waals surface area (Å²) in [5, 5.41) is 9.72. The van der Waals surface area contributed by atoms with E-state index in [0.29, 0.717) is 33.8 Å². The molecule has 5 rings (SSSR count). The zero-order valence-corrected chi connectivity index (χ0v) is 24.3. The molecular weight excluding hydrogens is 548 g/mol. The van der Waals surface area contributed by atoms with Gasteiger partial charge in [0.05, 0.1) is 27.5 Å². The van der Waals surface area contributed by atoms with Crippen LogP contribution in [0.1, 0.15) is 72.2 Å². The average molecular weight is 583 g/mol. The van der Waals surface area contributed by atoms with Crippen molar-refractivity contribution in [2.45, 2.75) is 76.9 Å². The lowest BCUT2D eigenvalue weighted by atomic mass is 9.84. The minimum Gasteiger partial charge on any atom is -0.444 e. The number of carbonyl (C=O) groups is 2. The molecule has 1 aliphatic carbocycles. The van der Waals surface area contributed by atoms with Crippen LogP contribution in [0, 0.1) is 12.8 Å². The molecule has 0 radical (unpaired) electrons. The van der Waals surface area contributed by atoms with Crippen molar-refractivity contribution < 1.29 is 19.4 Å². The van der Waals surface area contributed by atoms with Gasteiger partial charge in [0.2, 0.25) is 0 Å². The van der Waals surface area contributed by atoms with Gasteiger partial charge in [-0.05, 0) is 99.7 Å². The molecule has 2 aliphatic rings. The van der Waals surface area contributed by atoms with Crippen LogP contribution in [0.5, 0.6) is 0 Å². The van der Waals surface area contributed by atoms with Gasteiger partial charge < -0.3 is 9.84 Å². The number of aryl methyl sites for hydroxylation is 2. The normalized spacial score (nSPS) is 21.0. The van der Waals surface area contributed by atoms with Gasteiger partial charge in [-0.3, -0.25) is 19.1 Å². The number of Topliss-reactive ketones (excluding diaryl/α,β-unsaturated/α-hetero) is 1. The smallest absolute Gasteiger partial charge is 0.414 e. The maximum absolute atomic E-state index is 13.3. The summed E-state index contributed by atoms with van der Waals surface area (Å²) in [5.41, 5.74) is 3.13. The first-order valence-corrected chi connectivity index (χ1v) is 15.2. The van der Waals surface area contributed by atoms with Crippen molar-refractivity contribution in [3.8, 4) is 5.69 Å². The SMILES string of the molecule is Cc1cc(N2C[C@H](CCC(=O)c3ccc(Cl)s3)OC2=O)ccc1-n1cccc(CCCC2CCC(O)CC2)c1=O. The van der Waals surface area contributed by atoms with Crippen LogP contribution < -0.4 is 10.5 Å². The molecule has 212 valence electrons. The van der Waals surface area contributed by atoms with Crippen molar-refractivity contribution in [1.29, 1.82) is 0 Å². The second-order valence-electron chi connectivity index (χ2n) is 10.9. The second-order valence-corrected chi connectivity index (χ2v) is 12.6. The topological polar surface area (TPSA) is 88.8 Å². The van der Waals surface area contributed by atoms with Gasteiger partial charge in [0, 0.05) is 23.9 Å². The molecule has 1 saturated carbocycles. The summed E-state index contributed by atoms with van der Waals surface area (Å²) in [6.45, 7) is 2.30. The van der Waals surface area contributed by atoms with Crippen LogP contribution in [0.4, 0.5) is 10.5 Å². The first-order valence-electron chi connectivity index (χ1n) is 14.0. The van der Waals surface area contributed by atoms with Crippen LogP contribution in [0.2, 0.25) is 4.34 Å². The fourth-order valence-electron chi connectivity index (χ4n) is 5.77. The highest BCUT2D eigenvalue weighted by molar-refractivity contribution is 7.18. The van der Waals surface area contributed by atoms with Crippen molar-refractivity contribution in [2.75, 3.05) is 11.4 Å². The largest absolute Gasteiger partial charge is 0.444 e. The number of hydrogen-bond donors (Lipinski definition) is 1. The van der Waals surface area contributed by atoms with Gasteiger partial charge in [-0.15, -0.1) is 11.3 Å². The Labute approximate surface area is 243 Å². The van der Waals surface area contributed by atoms with Crippen molar-refractivity contribution in [3.63, 3.8) is 0 Å². The first kappa shape index (κ1) is 28.6. The molecule has 3 heterocycles. The monoisotopic (exact) mass is 582 g/mol. The number of aliphatic hydroxyl groups excluding tert-OH is 1. The molecule has 1 aromatic carbocycles. The molecule has 1 saturated heterocycles. The zero-order chi connectivity index (χ0) is 28.2. The molecule has 3 aromatic rings. The molecule has 0 spiro atoms. The fourth-order valence-corrected chi connectivity index (χ4v) is 6.78. The third-order valence-corrected chi connectivity index (χ3v) is 9.34. The van der Waals surface area contributed by atoms with Crippen molar-refractivity contribution in [2.24, 2.45) is 5.92 Å². The van der Waals surface area contributed by atoms with Crippen LogP contribution >= 0.6 is 22.9 Å². The van der Waals surface area contributed by atoms with Crippen LogP contribution in [0.15, 0.2) is 53.5 Å². The highest BCUT2D eigenvalue weighted by Crippen LogP contribution is 2.29. The summed E-state index contributed by atoms with van der Waals surface area (Å²) >= 11 is 7.19. The number of benzene rings is 1. The highest BCUT2D eigenvalue weighted by atomic mass is 35.5. The van der Waals surface area contributed by atoms with Gasteiger partial charge in [-0.2, -0.15) is 0 Å². The third kappa shape index (κ3) is 6.67. The molecule has 0 unspecified atom stereocenters. The number of halogens is 1. The molecule has 1 N–H and O–H groups in total. The van der Waals surface area contributed by atoms with E-state index < -0.39 is 6.09 Å². The summed E-state index contributed by atoms with van der Waals surface area (Å²) in [6.07, 6.45) is 8.26. The number of amides is 1. The maximum Gasteiger partial charge on any atom is 0.414 e. The lowest BCUT2D eigenvalue weighted by Crippen LogP contribution is -2.25. The Balaban J connectivity index is 1.20. The fraction of sp³-hybridized carbons (Fsp3) is 0.452. The Kier molecular flexibility index (Phi) is 9.08. The van der Waals surface area contributed by atoms with E-state index in [9.17, 15) is 19.5 Å². The van der Waals surface area contributed by atoms with E-state index in [0.717, 1.165) is 61.8 Å². The quantitative estimate of drug-likeness (QED) is 0.268. The van der Waals surface area contributed by atoms with E-state index >= 15 is 0 Å². The lowest BCUT2D eigenvalue weighted by Gasteiger charge is -2.25. The summed E-state index contributed by atoms with van der Waals surface area (Å²) < 4.78 is 7.80. The number of ether oxygens (including phenoxy) is 1. The second kappa shape index (κ2) is 12.7. The van der Waals surface area contributed by atoms with Gasteiger partial charge in [0.1, 0.15) is 6.10 Å². The lowest BCUT2D eigenvalue weighted by molar-refractivity contribution is 0.0943. The number of rotatable bonds is 10. The molecule has 2 fully saturated rings. The Morgan fingerprint density at radius 1 is 1.10 bits per heavy atom. The molecule has 1 amide bonds. The number of carbonyl (C=O) groups excluding carboxylic acids is 2. The number of aliphatic hydroxyl groups is 1. The first-order chi connectivity index (χ1) is 19.3. The number of anilines is 1. The number of pyridine rings is 1. The van der Waals surface area contributed by atoms with Gasteiger partial charge >= 0.3 is 6.09 Å². The van der Waals surface area contributed by atoms with Gasteiger partial charge in [-0.1, -0.05) is 24.1 Å². The number of nitrogens with zero attached hydrogens (tertiary/aromatic N) is 2. The zero-order valence-electron chi connectivity index (χ0n) is 22.7. The van der Waals surface area contributed by atoms with Crippen molar-refractivity contribution in [1.82, 2.24) is 4.57 Å². The standard InChI is InChI=1S/C31H35ClN2O5S/c1-20-18-23(34-19-25(39-31(34)38)12-14-27(36)28-15-16-29(32)40-28)9-13-26(20)33-17-3-6-22(30(33)37)5-2-4-21-7-10-24(35)11-8-21/h3,6,9,13,15-18,21,24-25,35H,2,4-5,7-8,10-12,14,19H2,1H3/t21?,24?,25-/m0/s1. The molecule has 1 aliphatic heterocycles. The van der Waals surface area contributed by atoms with Gasteiger partial charge in [0.25, 0.3) is 5.56 Å². The summed E-state index contributed by atoms with van der Waals surface area (Å²) in [6, 6.07) is 12.8. The van der Waals surface area contributed by atoms with E-state index in [-0.39, 0.29) is 30.0 Å². The number of hydrogen-bond acceptors (Lipinski definition) is 6. The molecule has 7 nitrogen and oxygen atoms in total. The van der Waals surface area contributed by atoms with Crippen molar-refractivity contribution >= 4 is 40.5 Å². The summed E-state index contributed by atoms with van der Waals surface area (Å²) in [7, 11) is 0. The molecule has 9 heteroatoms. The van der Waals surface area contributed by atoms with Crippen LogP contribution in [-0.4, -0.2) is 40.3 Å². The average Bonchev–Trinajstić information content (AvgIpc) is 3.55. The van der Waals surface area contributed by atoms with E-state index in [4.69, 9.17) is 16.3 Å². The van der Waals surface area contributed by atoms with E-state index in [1.165, 1.54) is 11.3 Å². The van der Waals surface area contributed by atoms with Crippen LogP contribution in [0.25, 0.3) is 5.69 Å².